The van der Waals surface area contributed by atoms with Crippen molar-refractivity contribution in [3.05, 3.63) is 69.4 Å². The minimum Gasteiger partial charge on any atom is -0.494 e. The van der Waals surface area contributed by atoms with Crippen molar-refractivity contribution < 1.29 is 76.8 Å². The van der Waals surface area contributed by atoms with Gasteiger partial charge in [0.05, 0.1) is 74.2 Å². The lowest BCUT2D eigenvalue weighted by Crippen LogP contribution is -2.51. The number of carboxylic acids is 3. The number of nitrogens with one attached hydrogen (secondary N) is 3. The van der Waals surface area contributed by atoms with Gasteiger partial charge in [-0.2, -0.15) is 5.26 Å². The zero-order valence-electron chi connectivity index (χ0n) is 54.2. The molecule has 1 unspecified atom stereocenters. The van der Waals surface area contributed by atoms with Crippen LogP contribution in [0.1, 0.15) is 80.6 Å². The number of ether oxygens (including phenoxy) is 1. The summed E-state index contributed by atoms with van der Waals surface area (Å²) in [4.78, 5) is 147. The highest BCUT2D eigenvalue weighted by atomic mass is 127. The highest BCUT2D eigenvalue weighted by molar-refractivity contribution is 14.1. The van der Waals surface area contributed by atoms with Crippen molar-refractivity contribution >= 4 is 105 Å². The number of benzene rings is 2. The third-order valence-electron chi connectivity index (χ3n) is 17.3. The SMILES string of the molecule is C[C@H](CN1C(=O)CC(SC[C@H](CCCCNC(=O)CCCc2ccc(I)cc2)NC(=O)CN2CCN(CC(=O)O)CCN(CC(=O)O)CCN(CC(=O)O)CC2)C1=O)C(=O)N1CCN(CCCCOc2ccc3nccc(C(=O)NCC(=O)N4CC(F)(F)C[C@@H]4C#N)c3c2)CC1. The number of aromatic nitrogens is 1. The first-order valence-corrected chi connectivity index (χ1v) is 34.7. The van der Waals surface area contributed by atoms with Gasteiger partial charge in [-0.1, -0.05) is 19.1 Å². The maximum Gasteiger partial charge on any atom is 0.317 e. The molecule has 0 saturated carbocycles. The van der Waals surface area contributed by atoms with E-state index in [1.54, 1.807) is 50.8 Å². The molecule has 2 aromatic carbocycles. The van der Waals surface area contributed by atoms with E-state index in [1.807, 2.05) is 29.2 Å². The summed E-state index contributed by atoms with van der Waals surface area (Å²) in [6, 6.07) is 14.7. The number of rotatable bonds is 33. The molecule has 1 aromatic heterocycles. The summed E-state index contributed by atoms with van der Waals surface area (Å²) in [6.07, 6.45) is 5.55. The van der Waals surface area contributed by atoms with Crippen LogP contribution in [-0.2, 0) is 49.6 Å². The number of aliphatic carboxylic acids is 3. The second-order valence-corrected chi connectivity index (χ2v) is 27.3. The van der Waals surface area contributed by atoms with Gasteiger partial charge in [-0.25, -0.2) is 8.78 Å². The van der Waals surface area contributed by atoms with E-state index in [9.17, 15) is 77.3 Å². The summed E-state index contributed by atoms with van der Waals surface area (Å²) in [5.41, 5.74) is 1.85. The van der Waals surface area contributed by atoms with Gasteiger partial charge in [0, 0.05) is 138 Å². The topological polar surface area (TPSA) is 339 Å². The number of hydrogen-bond acceptors (Lipinski definition) is 19. The lowest BCUT2D eigenvalue weighted by molar-refractivity contribution is -0.143. The zero-order chi connectivity index (χ0) is 69.3. The number of unbranched alkanes of at least 4 members (excludes halogenated alkanes) is 2. The molecule has 524 valence electrons. The van der Waals surface area contributed by atoms with Crippen molar-refractivity contribution in [3.63, 3.8) is 0 Å². The fourth-order valence-corrected chi connectivity index (χ4v) is 13.6. The number of alkyl halides is 2. The Morgan fingerprint density at radius 3 is 1.99 bits per heavy atom. The average Bonchev–Trinajstić information content (AvgIpc) is 1.34. The van der Waals surface area contributed by atoms with Gasteiger partial charge in [-0.3, -0.25) is 82.3 Å². The number of piperazine rings is 1. The molecule has 4 aliphatic rings. The normalized spacial score (nSPS) is 19.4. The number of thioether (sulfide) groups is 1. The Balaban J connectivity index is 0.865. The number of nitriles is 1. The van der Waals surface area contributed by atoms with Crippen LogP contribution < -0.4 is 20.7 Å². The summed E-state index contributed by atoms with van der Waals surface area (Å²) < 4.78 is 35.0. The number of likely N-dealkylation sites (tertiary alicyclic amines) is 2. The van der Waals surface area contributed by atoms with Crippen LogP contribution in [0.5, 0.6) is 5.75 Å². The minimum atomic E-state index is -3.19. The lowest BCUT2D eigenvalue weighted by Gasteiger charge is -2.36. The molecule has 3 aromatic rings. The number of nitrogens with zero attached hydrogens (tertiary/aromatic N) is 10. The molecular formula is C65H88F2IN13O14S. The average molecular weight is 1470 g/mol. The monoisotopic (exact) mass is 1470 g/mol. The Kier molecular flexibility index (Phi) is 30.2. The van der Waals surface area contributed by atoms with E-state index >= 15 is 0 Å². The maximum atomic E-state index is 14.1. The van der Waals surface area contributed by atoms with Gasteiger partial charge >= 0.3 is 17.9 Å². The van der Waals surface area contributed by atoms with Crippen LogP contribution >= 0.6 is 34.4 Å². The van der Waals surface area contributed by atoms with Gasteiger partial charge in [-0.15, -0.1) is 11.8 Å². The molecule has 0 radical (unpaired) electrons. The minimum absolute atomic E-state index is 0.0647. The first-order valence-electron chi connectivity index (χ1n) is 32.6. The largest absolute Gasteiger partial charge is 0.494 e. The lowest BCUT2D eigenvalue weighted by atomic mass is 10.1. The van der Waals surface area contributed by atoms with E-state index in [0.29, 0.717) is 94.5 Å². The number of fused-ring (bicyclic) bond motifs is 1. The molecule has 5 heterocycles. The molecule has 7 rings (SSSR count). The van der Waals surface area contributed by atoms with Crippen LogP contribution in [0.3, 0.4) is 0 Å². The number of aryl methyl sites for hydroxylation is 1. The number of imide groups is 1. The van der Waals surface area contributed by atoms with Gasteiger partial charge in [0.2, 0.25) is 35.4 Å². The van der Waals surface area contributed by atoms with Crippen molar-refractivity contribution in [2.24, 2.45) is 5.92 Å². The Morgan fingerprint density at radius 2 is 1.38 bits per heavy atom. The third kappa shape index (κ3) is 25.0. The van der Waals surface area contributed by atoms with Crippen LogP contribution in [0.2, 0.25) is 0 Å². The van der Waals surface area contributed by atoms with Crippen molar-refractivity contribution in [3.8, 4) is 11.8 Å². The number of carbonyl (C=O) groups excluding carboxylic acids is 7. The molecule has 7 amide bonds. The number of carbonyl (C=O) groups is 10. The summed E-state index contributed by atoms with van der Waals surface area (Å²) in [6.45, 7) is 4.51. The van der Waals surface area contributed by atoms with Gasteiger partial charge in [-0.05, 0) is 116 Å². The summed E-state index contributed by atoms with van der Waals surface area (Å²) in [5, 5.41) is 46.5. The van der Waals surface area contributed by atoms with Gasteiger partial charge in [0.15, 0.2) is 0 Å². The standard InChI is InChI=1S/C65H88F2IN13O14S/c1-45(63(93)79-30-28-74(29-31-79)19-4-5-32-95-50-14-15-53-52(33-50)51(16-18-70-53)62(92)72-37-58(85)81-44-65(66,67)35-49(81)36-69)38-80-57(84)34-54(64(80)94)96-43-48(8-2-3-17-71-55(82)9-6-7-46-10-12-47(68)13-11-46)73-56(83)39-75-20-22-76(40-59(86)87)24-26-78(42-61(90)91)27-25-77(23-21-75)41-60(88)89/h10-16,18,33,45,48-49,54H,2-9,17,19-32,34-35,37-44H2,1H3,(H,71,82)(H,72,92)(H,73,83)(H,86,87)(H,88,89)(H,90,91)/t45-,48+,49-,54?/m1/s1. The van der Waals surface area contributed by atoms with Crippen LogP contribution in [0.4, 0.5) is 8.78 Å². The molecule has 6 N–H and O–H groups in total. The maximum absolute atomic E-state index is 14.1. The van der Waals surface area contributed by atoms with Crippen molar-refractivity contribution in [2.45, 2.75) is 94.4 Å². The predicted octanol–water partition coefficient (Wildman–Crippen LogP) is 2.40. The molecule has 4 saturated heterocycles. The Hall–Kier alpha value is -7.22. The molecule has 0 bridgehead atoms. The Morgan fingerprint density at radius 1 is 0.760 bits per heavy atom. The van der Waals surface area contributed by atoms with E-state index in [4.69, 9.17) is 4.74 Å². The van der Waals surface area contributed by atoms with E-state index in [1.165, 1.54) is 24.0 Å². The number of hydrogen-bond donors (Lipinski definition) is 6. The Labute approximate surface area is 575 Å². The van der Waals surface area contributed by atoms with Crippen molar-refractivity contribution in [1.82, 2.24) is 60.1 Å². The summed E-state index contributed by atoms with van der Waals surface area (Å²) >= 11 is 3.50. The second kappa shape index (κ2) is 38.1. The summed E-state index contributed by atoms with van der Waals surface area (Å²) in [5.74, 6) is -9.17. The molecule has 4 fully saturated rings. The first-order chi connectivity index (χ1) is 45.9. The van der Waals surface area contributed by atoms with Crippen LogP contribution in [0.15, 0.2) is 54.7 Å². The highest BCUT2D eigenvalue weighted by Gasteiger charge is 2.47. The van der Waals surface area contributed by atoms with Gasteiger partial charge < -0.3 is 45.8 Å². The molecule has 96 heavy (non-hydrogen) atoms. The molecule has 0 aliphatic carbocycles. The van der Waals surface area contributed by atoms with E-state index in [0.717, 1.165) is 38.3 Å². The first kappa shape index (κ1) is 76.2. The van der Waals surface area contributed by atoms with Crippen LogP contribution in [-0.4, -0.2) is 292 Å². The number of amides is 7. The van der Waals surface area contributed by atoms with Crippen LogP contribution in [0, 0.1) is 20.8 Å². The van der Waals surface area contributed by atoms with E-state index < -0.39 is 90.2 Å². The predicted molar refractivity (Wildman–Crippen MR) is 359 cm³/mol. The molecule has 4 atom stereocenters. The third-order valence-corrected chi connectivity index (χ3v) is 19.4. The van der Waals surface area contributed by atoms with Gasteiger partial charge in [0.1, 0.15) is 11.8 Å². The van der Waals surface area contributed by atoms with E-state index in [2.05, 4.69) is 48.4 Å². The quantitative estimate of drug-likeness (QED) is 0.0290. The second-order valence-electron chi connectivity index (χ2n) is 24.8. The van der Waals surface area contributed by atoms with Crippen molar-refractivity contribution in [1.29, 1.82) is 5.26 Å². The van der Waals surface area contributed by atoms with Gasteiger partial charge in [0.25, 0.3) is 11.8 Å². The number of halogens is 3. The van der Waals surface area contributed by atoms with E-state index in [-0.39, 0.29) is 121 Å². The Bertz CT molecular complexity index is 3200. The molecule has 31 heteroatoms. The highest BCUT2D eigenvalue weighted by Crippen LogP contribution is 2.32. The summed E-state index contributed by atoms with van der Waals surface area (Å²) in [7, 11) is 0. The number of carboxylic acid groups (broad SMARTS) is 3. The molecule has 0 spiro atoms. The van der Waals surface area contributed by atoms with Crippen LogP contribution in [0.25, 0.3) is 10.9 Å². The number of pyridine rings is 1. The molecule has 4 aliphatic heterocycles. The fourth-order valence-electron chi connectivity index (χ4n) is 12.0. The molecule has 27 nitrogen and oxygen atoms in total. The molecular weight excluding hydrogens is 1380 g/mol. The smallest absolute Gasteiger partial charge is 0.317 e. The fraction of sp³-hybridized carbons (Fsp3) is 0.600. The van der Waals surface area contributed by atoms with Crippen molar-refractivity contribution in [2.75, 3.05) is 150 Å². The zero-order valence-corrected chi connectivity index (χ0v) is 57.2.